The van der Waals surface area contributed by atoms with Gasteiger partial charge in [0.25, 0.3) is 5.95 Å². The van der Waals surface area contributed by atoms with Gasteiger partial charge in [-0.15, -0.1) is 5.10 Å². The molecule has 118 valence electrons. The Bertz CT molecular complexity index is 934. The van der Waals surface area contributed by atoms with Crippen LogP contribution in [0, 0.1) is 24.4 Å². The second-order valence-electron chi connectivity index (χ2n) is 4.86. The predicted octanol–water partition coefficient (Wildman–Crippen LogP) is 3.42. The zero-order valence-corrected chi connectivity index (χ0v) is 13.9. The fourth-order valence-corrected chi connectivity index (χ4v) is 2.49. The van der Waals surface area contributed by atoms with E-state index >= 15 is 0 Å². The second kappa shape index (κ2) is 6.05. The molecule has 0 atom stereocenters. The molecule has 0 spiro atoms. The van der Waals surface area contributed by atoms with Crippen LogP contribution in [0.4, 0.5) is 4.39 Å². The Labute approximate surface area is 141 Å². The van der Waals surface area contributed by atoms with Crippen molar-refractivity contribution >= 4 is 30.0 Å². The molecule has 0 amide bonds. The van der Waals surface area contributed by atoms with Crippen molar-refractivity contribution in [3.63, 3.8) is 0 Å². The summed E-state index contributed by atoms with van der Waals surface area (Å²) in [6.07, 6.45) is 1.30. The first-order valence-corrected chi connectivity index (χ1v) is 7.45. The number of rotatable bonds is 3. The number of aromatic nitrogens is 5. The summed E-state index contributed by atoms with van der Waals surface area (Å²) in [5.74, 6) is -0.0896. The number of H-pyrrole nitrogens is 1. The van der Waals surface area contributed by atoms with Gasteiger partial charge in [0.1, 0.15) is 5.82 Å². The van der Waals surface area contributed by atoms with Gasteiger partial charge in [-0.3, -0.25) is 0 Å². The largest absolute Gasteiger partial charge is 0.271 e. The Balaban J connectivity index is 2.08. The van der Waals surface area contributed by atoms with Gasteiger partial charge in [0.05, 0.1) is 16.9 Å². The van der Waals surface area contributed by atoms with Gasteiger partial charge >= 0.3 is 0 Å². The lowest BCUT2D eigenvalue weighted by Gasteiger charge is -2.03. The Kier molecular flexibility index (Phi) is 4.10. The average molecular weight is 351 g/mol. The molecule has 23 heavy (non-hydrogen) atoms. The highest BCUT2D eigenvalue weighted by molar-refractivity contribution is 7.71. The molecule has 6 nitrogen and oxygen atoms in total. The Morgan fingerprint density at radius 3 is 2.83 bits per heavy atom. The first-order valence-electron chi connectivity index (χ1n) is 6.67. The van der Waals surface area contributed by atoms with Crippen LogP contribution in [-0.2, 0) is 0 Å². The number of hydrogen-bond donors (Lipinski definition) is 1. The number of nitrogens with one attached hydrogen (secondary N) is 1. The van der Waals surface area contributed by atoms with E-state index in [2.05, 4.69) is 20.4 Å². The summed E-state index contributed by atoms with van der Waals surface area (Å²) < 4.78 is 17.0. The van der Waals surface area contributed by atoms with E-state index in [1.54, 1.807) is 10.7 Å². The van der Waals surface area contributed by atoms with Crippen molar-refractivity contribution in [2.24, 2.45) is 5.10 Å². The van der Waals surface area contributed by atoms with Crippen molar-refractivity contribution in [3.8, 4) is 5.95 Å². The number of benzene rings is 1. The Hall–Kier alpha value is -2.32. The van der Waals surface area contributed by atoms with Crippen LogP contribution in [0.1, 0.15) is 17.0 Å². The molecule has 3 aromatic rings. The molecule has 1 N–H and O–H groups in total. The Morgan fingerprint density at radius 1 is 1.39 bits per heavy atom. The van der Waals surface area contributed by atoms with Gasteiger partial charge < -0.3 is 0 Å². The number of aromatic amines is 1. The number of hydrogen-bond acceptors (Lipinski definition) is 4. The zero-order valence-electron chi connectivity index (χ0n) is 12.3. The summed E-state index contributed by atoms with van der Waals surface area (Å²) in [5.41, 5.74) is 1.89. The summed E-state index contributed by atoms with van der Waals surface area (Å²) >= 11 is 11.2. The van der Waals surface area contributed by atoms with Gasteiger partial charge in [-0.05, 0) is 44.3 Å². The number of nitrogens with zero attached hydrogens (tertiary/aromatic N) is 5. The van der Waals surface area contributed by atoms with Gasteiger partial charge in [0.15, 0.2) is 0 Å². The molecule has 0 aliphatic heterocycles. The maximum Gasteiger partial charge on any atom is 0.271 e. The lowest BCUT2D eigenvalue weighted by atomic mass is 10.2. The van der Waals surface area contributed by atoms with Crippen LogP contribution >= 0.6 is 23.8 Å². The number of aryl methyl sites for hydroxylation is 2. The summed E-state index contributed by atoms with van der Waals surface area (Å²) in [7, 11) is 0. The SMILES string of the molecule is Cc1cc(C)n(-c2n[nH]c(=S)n2N=Cc2c(F)cccc2Cl)n1. The van der Waals surface area contributed by atoms with Crippen molar-refractivity contribution in [1.29, 1.82) is 0 Å². The van der Waals surface area contributed by atoms with Crippen molar-refractivity contribution in [2.75, 3.05) is 0 Å². The van der Waals surface area contributed by atoms with Crippen LogP contribution in [0.3, 0.4) is 0 Å². The molecule has 0 radical (unpaired) electrons. The molecule has 9 heteroatoms. The smallest absolute Gasteiger partial charge is 0.248 e. The van der Waals surface area contributed by atoms with Gasteiger partial charge in [0.2, 0.25) is 4.77 Å². The van der Waals surface area contributed by atoms with E-state index in [1.165, 1.54) is 23.0 Å². The van der Waals surface area contributed by atoms with E-state index in [1.807, 2.05) is 19.9 Å². The van der Waals surface area contributed by atoms with Gasteiger partial charge in [0, 0.05) is 11.3 Å². The molecule has 1 aromatic carbocycles. The highest BCUT2D eigenvalue weighted by Gasteiger charge is 2.12. The highest BCUT2D eigenvalue weighted by Crippen LogP contribution is 2.17. The first kappa shape index (κ1) is 15.6. The fourth-order valence-electron chi connectivity index (χ4n) is 2.11. The molecule has 0 fully saturated rings. The van der Waals surface area contributed by atoms with Gasteiger partial charge in [-0.25, -0.2) is 14.2 Å². The molecule has 0 unspecified atom stereocenters. The third-order valence-corrected chi connectivity index (χ3v) is 3.73. The summed E-state index contributed by atoms with van der Waals surface area (Å²) in [6.45, 7) is 3.76. The summed E-state index contributed by atoms with van der Waals surface area (Å²) in [4.78, 5) is 0. The molecule has 0 saturated heterocycles. The standard InChI is InChI=1S/C14H12ClFN6S/c1-8-6-9(2)21(20-8)13-18-19-14(23)22(13)17-7-10-11(15)4-3-5-12(10)16/h3-7H,1-2H3,(H,19,23). The topological polar surface area (TPSA) is 63.8 Å². The first-order chi connectivity index (χ1) is 11.0. The van der Waals surface area contributed by atoms with Gasteiger partial charge in [-0.1, -0.05) is 17.7 Å². The molecule has 0 aliphatic carbocycles. The molecule has 3 rings (SSSR count). The molecule has 0 aliphatic rings. The Morgan fingerprint density at radius 2 is 2.17 bits per heavy atom. The van der Waals surface area contributed by atoms with Crippen molar-refractivity contribution in [3.05, 3.63) is 56.8 Å². The normalized spacial score (nSPS) is 11.5. The molecular weight excluding hydrogens is 339 g/mol. The van der Waals surface area contributed by atoms with Crippen molar-refractivity contribution < 1.29 is 4.39 Å². The van der Waals surface area contributed by atoms with E-state index < -0.39 is 5.82 Å². The zero-order chi connectivity index (χ0) is 16.6. The van der Waals surface area contributed by atoms with E-state index in [4.69, 9.17) is 23.8 Å². The summed E-state index contributed by atoms with van der Waals surface area (Å²) in [6, 6.07) is 6.33. The monoisotopic (exact) mass is 350 g/mol. The number of halogens is 2. The van der Waals surface area contributed by atoms with Crippen molar-refractivity contribution in [1.82, 2.24) is 24.7 Å². The lowest BCUT2D eigenvalue weighted by molar-refractivity contribution is 0.625. The minimum atomic E-state index is -0.469. The van der Waals surface area contributed by atoms with Crippen LogP contribution in [-0.4, -0.2) is 30.9 Å². The van der Waals surface area contributed by atoms with E-state index in [0.29, 0.717) is 5.95 Å². The maximum atomic E-state index is 13.8. The fraction of sp³-hybridized carbons (Fsp3) is 0.143. The average Bonchev–Trinajstić information content (AvgIpc) is 3.01. The predicted molar refractivity (Wildman–Crippen MR) is 88.4 cm³/mol. The molecule has 2 heterocycles. The molecule has 0 bridgehead atoms. The van der Waals surface area contributed by atoms with E-state index in [-0.39, 0.29) is 15.4 Å². The highest BCUT2D eigenvalue weighted by atomic mass is 35.5. The third kappa shape index (κ3) is 2.95. The second-order valence-corrected chi connectivity index (χ2v) is 5.65. The van der Waals surface area contributed by atoms with Crippen LogP contribution < -0.4 is 0 Å². The molecule has 0 saturated carbocycles. The van der Waals surface area contributed by atoms with Crippen LogP contribution in [0.25, 0.3) is 5.95 Å². The van der Waals surface area contributed by atoms with Gasteiger partial charge in [-0.2, -0.15) is 14.9 Å². The van der Waals surface area contributed by atoms with Crippen LogP contribution in [0.15, 0.2) is 29.4 Å². The minimum absolute atomic E-state index is 0.177. The van der Waals surface area contributed by atoms with E-state index in [9.17, 15) is 4.39 Å². The van der Waals surface area contributed by atoms with Crippen molar-refractivity contribution in [2.45, 2.75) is 13.8 Å². The van der Waals surface area contributed by atoms with Crippen LogP contribution in [0.2, 0.25) is 5.02 Å². The quantitative estimate of drug-likeness (QED) is 0.581. The maximum absolute atomic E-state index is 13.8. The van der Waals surface area contributed by atoms with Crippen LogP contribution in [0.5, 0.6) is 0 Å². The molecule has 2 aromatic heterocycles. The lowest BCUT2D eigenvalue weighted by Crippen LogP contribution is -2.07. The molecular formula is C14H12ClFN6S. The third-order valence-electron chi connectivity index (χ3n) is 3.13. The van der Waals surface area contributed by atoms with E-state index in [0.717, 1.165) is 11.4 Å². The summed E-state index contributed by atoms with van der Waals surface area (Å²) in [5, 5.41) is 15.6. The minimum Gasteiger partial charge on any atom is -0.248 e.